The first-order chi connectivity index (χ1) is 7.55. The highest BCUT2D eigenvalue weighted by Crippen LogP contribution is 2.36. The fraction of sp³-hybridized carbons (Fsp3) is 0.833. The van der Waals surface area contributed by atoms with Crippen LogP contribution in [0.1, 0.15) is 39.0 Å². The average molecular weight is 244 g/mol. The molecule has 16 heavy (non-hydrogen) atoms. The second-order valence-electron chi connectivity index (χ2n) is 5.18. The highest BCUT2D eigenvalue weighted by Gasteiger charge is 2.47. The van der Waals surface area contributed by atoms with Gasteiger partial charge in [0.1, 0.15) is 0 Å². The minimum Gasteiger partial charge on any atom is -0.501 e. The molecule has 92 valence electrons. The molecular weight excluding hydrogens is 224 g/mol. The molecule has 1 heterocycles. The molecule has 3 nitrogen and oxygen atoms in total. The van der Waals surface area contributed by atoms with Crippen molar-refractivity contribution in [3.8, 4) is 0 Å². The van der Waals surface area contributed by atoms with Crippen molar-refractivity contribution in [3.63, 3.8) is 0 Å². The number of allylic oxidation sites excluding steroid dienone is 1. The zero-order valence-electron chi connectivity index (χ0n) is 9.87. The summed E-state index contributed by atoms with van der Waals surface area (Å²) >= 11 is 0. The molecular formula is C12H20O3S. The van der Waals surface area contributed by atoms with Crippen LogP contribution in [0.15, 0.2) is 11.8 Å². The van der Waals surface area contributed by atoms with Crippen LogP contribution >= 0.6 is 0 Å². The van der Waals surface area contributed by atoms with Gasteiger partial charge < -0.3 is 4.74 Å². The summed E-state index contributed by atoms with van der Waals surface area (Å²) in [6, 6.07) is 0. The van der Waals surface area contributed by atoms with Gasteiger partial charge >= 0.3 is 0 Å². The lowest BCUT2D eigenvalue weighted by atomic mass is 9.90. The Kier molecular flexibility index (Phi) is 3.29. The van der Waals surface area contributed by atoms with Gasteiger partial charge in [-0.25, -0.2) is 8.42 Å². The maximum absolute atomic E-state index is 11.2. The van der Waals surface area contributed by atoms with E-state index in [4.69, 9.17) is 4.74 Å². The lowest BCUT2D eigenvalue weighted by Crippen LogP contribution is -2.50. The summed E-state index contributed by atoms with van der Waals surface area (Å²) in [5.41, 5.74) is 1.28. The van der Waals surface area contributed by atoms with Crippen molar-refractivity contribution in [2.45, 2.75) is 39.0 Å². The molecule has 0 bridgehead atoms. The molecule has 1 saturated carbocycles. The maximum atomic E-state index is 11.2. The van der Waals surface area contributed by atoms with Crippen molar-refractivity contribution < 1.29 is 13.2 Å². The number of hydrogen-bond donors (Lipinski definition) is 0. The molecule has 2 aliphatic rings. The second-order valence-corrected chi connectivity index (χ2v) is 7.24. The third-order valence-electron chi connectivity index (χ3n) is 3.69. The molecule has 0 radical (unpaired) electrons. The Hall–Kier alpha value is -0.510. The first-order valence-corrected chi connectivity index (χ1v) is 7.87. The van der Waals surface area contributed by atoms with Crippen LogP contribution in [0, 0.1) is 5.41 Å². The standard InChI is InChI=1S/C12H20O3S/c1-2-12(9-16(13,14)10-12)8-15-7-11-5-3-4-6-11/h7H,2-6,8-10H2,1H3. The van der Waals surface area contributed by atoms with Crippen molar-refractivity contribution in [2.75, 3.05) is 18.1 Å². The van der Waals surface area contributed by atoms with Crippen LogP contribution in [0.25, 0.3) is 0 Å². The van der Waals surface area contributed by atoms with E-state index in [1.807, 2.05) is 13.2 Å². The highest BCUT2D eigenvalue weighted by atomic mass is 32.2. The van der Waals surface area contributed by atoms with Crippen LogP contribution in [0.2, 0.25) is 0 Å². The van der Waals surface area contributed by atoms with E-state index in [1.165, 1.54) is 18.4 Å². The molecule has 1 aliphatic heterocycles. The number of sulfone groups is 1. The van der Waals surface area contributed by atoms with Crippen LogP contribution in [-0.2, 0) is 14.6 Å². The van der Waals surface area contributed by atoms with Gasteiger partial charge in [0.05, 0.1) is 24.4 Å². The van der Waals surface area contributed by atoms with Gasteiger partial charge in [-0.15, -0.1) is 0 Å². The van der Waals surface area contributed by atoms with Crippen LogP contribution in [0.3, 0.4) is 0 Å². The molecule has 1 aliphatic carbocycles. The third kappa shape index (κ3) is 2.59. The maximum Gasteiger partial charge on any atom is 0.151 e. The van der Waals surface area contributed by atoms with Crippen molar-refractivity contribution >= 4 is 9.84 Å². The quantitative estimate of drug-likeness (QED) is 0.713. The van der Waals surface area contributed by atoms with Crippen LogP contribution in [-0.4, -0.2) is 26.5 Å². The first-order valence-electron chi connectivity index (χ1n) is 6.05. The molecule has 2 rings (SSSR count). The summed E-state index contributed by atoms with van der Waals surface area (Å²) in [6.45, 7) is 2.60. The summed E-state index contributed by atoms with van der Waals surface area (Å²) in [5, 5.41) is 0. The SMILES string of the molecule is CCC1(COC=C2CCCC2)CS(=O)(=O)C1. The van der Waals surface area contributed by atoms with Gasteiger partial charge in [-0.3, -0.25) is 0 Å². The predicted octanol–water partition coefficient (Wildman–Crippen LogP) is 2.29. The van der Waals surface area contributed by atoms with Gasteiger partial charge in [-0.1, -0.05) is 6.92 Å². The highest BCUT2D eigenvalue weighted by molar-refractivity contribution is 7.92. The van der Waals surface area contributed by atoms with E-state index < -0.39 is 9.84 Å². The topological polar surface area (TPSA) is 43.4 Å². The molecule has 0 spiro atoms. The van der Waals surface area contributed by atoms with Crippen molar-refractivity contribution in [3.05, 3.63) is 11.8 Å². The second kappa shape index (κ2) is 4.40. The molecule has 2 fully saturated rings. The van der Waals surface area contributed by atoms with Gasteiger partial charge in [0.25, 0.3) is 0 Å². The Morgan fingerprint density at radius 3 is 2.44 bits per heavy atom. The van der Waals surface area contributed by atoms with Gasteiger partial charge in [0, 0.05) is 5.41 Å². The Bertz CT molecular complexity index is 361. The van der Waals surface area contributed by atoms with E-state index in [2.05, 4.69) is 0 Å². The lowest BCUT2D eigenvalue weighted by Gasteiger charge is -2.39. The van der Waals surface area contributed by atoms with E-state index >= 15 is 0 Å². The molecule has 0 aromatic rings. The van der Waals surface area contributed by atoms with Crippen molar-refractivity contribution in [2.24, 2.45) is 5.41 Å². The number of hydrogen-bond acceptors (Lipinski definition) is 3. The van der Waals surface area contributed by atoms with Gasteiger partial charge in [-0.05, 0) is 37.7 Å². The monoisotopic (exact) mass is 244 g/mol. The summed E-state index contributed by atoms with van der Waals surface area (Å²) in [4.78, 5) is 0. The Labute approximate surface area is 97.8 Å². The first kappa shape index (κ1) is 12.0. The summed E-state index contributed by atoms with van der Waals surface area (Å²) in [5.74, 6) is 0.610. The summed E-state index contributed by atoms with van der Waals surface area (Å²) < 4.78 is 28.0. The van der Waals surface area contributed by atoms with Gasteiger partial charge in [0.2, 0.25) is 0 Å². The average Bonchev–Trinajstić information content (AvgIpc) is 2.67. The minimum atomic E-state index is -2.75. The van der Waals surface area contributed by atoms with Crippen LogP contribution in [0.5, 0.6) is 0 Å². The van der Waals surface area contributed by atoms with E-state index in [0.29, 0.717) is 18.1 Å². The zero-order valence-corrected chi connectivity index (χ0v) is 10.7. The molecule has 4 heteroatoms. The fourth-order valence-electron chi connectivity index (χ4n) is 2.56. The van der Waals surface area contributed by atoms with E-state index in [9.17, 15) is 8.42 Å². The van der Waals surface area contributed by atoms with Gasteiger partial charge in [0.15, 0.2) is 9.84 Å². The fourth-order valence-corrected chi connectivity index (χ4v) is 4.92. The lowest BCUT2D eigenvalue weighted by molar-refractivity contribution is 0.124. The Balaban J connectivity index is 1.82. The molecule has 1 saturated heterocycles. The normalized spacial score (nSPS) is 26.2. The third-order valence-corrected chi connectivity index (χ3v) is 5.79. The smallest absolute Gasteiger partial charge is 0.151 e. The molecule has 0 aromatic carbocycles. The molecule has 0 amide bonds. The summed E-state index contributed by atoms with van der Waals surface area (Å²) in [6.07, 6.45) is 7.59. The molecule has 0 atom stereocenters. The van der Waals surface area contributed by atoms with Crippen molar-refractivity contribution in [1.29, 1.82) is 0 Å². The molecule has 0 unspecified atom stereocenters. The van der Waals surface area contributed by atoms with E-state index in [1.54, 1.807) is 0 Å². The van der Waals surface area contributed by atoms with Crippen LogP contribution < -0.4 is 0 Å². The summed E-state index contributed by atoms with van der Waals surface area (Å²) in [7, 11) is -2.75. The number of rotatable bonds is 4. The Morgan fingerprint density at radius 1 is 1.31 bits per heavy atom. The van der Waals surface area contributed by atoms with E-state index in [-0.39, 0.29) is 5.41 Å². The molecule has 0 aromatic heterocycles. The van der Waals surface area contributed by atoms with Crippen molar-refractivity contribution in [1.82, 2.24) is 0 Å². The van der Waals surface area contributed by atoms with E-state index in [0.717, 1.165) is 19.3 Å². The largest absolute Gasteiger partial charge is 0.501 e. The Morgan fingerprint density at radius 2 is 1.94 bits per heavy atom. The minimum absolute atomic E-state index is 0.103. The molecule has 0 N–H and O–H groups in total. The van der Waals surface area contributed by atoms with Crippen LogP contribution in [0.4, 0.5) is 0 Å². The predicted molar refractivity (Wildman–Crippen MR) is 63.9 cm³/mol. The zero-order chi connectivity index (χ0) is 11.6. The van der Waals surface area contributed by atoms with Gasteiger partial charge in [-0.2, -0.15) is 0 Å². The number of ether oxygens (including phenoxy) is 1.